The Balaban J connectivity index is 2.23. The Kier molecular flexibility index (Phi) is 4.18. The third kappa shape index (κ3) is 3.35. The molecule has 2 rings (SSSR count). The number of methoxy groups -OCH3 is 1. The van der Waals surface area contributed by atoms with Gasteiger partial charge in [0.25, 0.3) is 0 Å². The topological polar surface area (TPSA) is 35.5 Å². The molecule has 0 amide bonds. The van der Waals surface area contributed by atoms with Crippen LogP contribution < -0.4 is 9.47 Å². The molecule has 0 aromatic heterocycles. The van der Waals surface area contributed by atoms with Crippen molar-refractivity contribution in [2.75, 3.05) is 7.11 Å². The first-order valence-electron chi connectivity index (χ1n) is 6.05. The summed E-state index contributed by atoms with van der Waals surface area (Å²) >= 11 is 0. The average molecular weight is 256 g/mol. The number of hydrogen-bond donors (Lipinski definition) is 0. The van der Waals surface area contributed by atoms with E-state index in [0.717, 1.165) is 17.4 Å². The minimum absolute atomic E-state index is 0.604. The van der Waals surface area contributed by atoms with Gasteiger partial charge in [-0.2, -0.15) is 0 Å². The first-order valence-corrected chi connectivity index (χ1v) is 6.05. The first-order chi connectivity index (χ1) is 9.22. The molecule has 0 radical (unpaired) electrons. The lowest BCUT2D eigenvalue weighted by Gasteiger charge is -2.15. The van der Waals surface area contributed by atoms with E-state index in [2.05, 4.69) is 0 Å². The standard InChI is InChI=1S/C16H16O3/c1-12-8-14(18-2)10-15(9-12)19-16(11-17)13-6-4-3-5-7-13/h3-11,16H,1-2H3. The monoisotopic (exact) mass is 256 g/mol. The van der Waals surface area contributed by atoms with E-state index in [1.807, 2.05) is 49.4 Å². The number of hydrogen-bond acceptors (Lipinski definition) is 3. The van der Waals surface area contributed by atoms with E-state index >= 15 is 0 Å². The highest BCUT2D eigenvalue weighted by Crippen LogP contribution is 2.26. The normalized spacial score (nSPS) is 11.7. The summed E-state index contributed by atoms with van der Waals surface area (Å²) in [5.74, 6) is 1.34. The molecule has 0 heterocycles. The summed E-state index contributed by atoms with van der Waals surface area (Å²) < 4.78 is 10.9. The van der Waals surface area contributed by atoms with Crippen molar-refractivity contribution >= 4 is 6.29 Å². The average Bonchev–Trinajstić information content (AvgIpc) is 2.45. The predicted molar refractivity (Wildman–Crippen MR) is 73.6 cm³/mol. The Morgan fingerprint density at radius 3 is 2.37 bits per heavy atom. The highest BCUT2D eigenvalue weighted by molar-refractivity contribution is 5.60. The molecule has 2 aromatic rings. The van der Waals surface area contributed by atoms with Gasteiger partial charge in [-0.15, -0.1) is 0 Å². The molecule has 0 N–H and O–H groups in total. The maximum absolute atomic E-state index is 11.2. The fraction of sp³-hybridized carbons (Fsp3) is 0.188. The molecule has 0 aliphatic carbocycles. The number of benzene rings is 2. The molecule has 3 heteroatoms. The molecule has 19 heavy (non-hydrogen) atoms. The largest absolute Gasteiger partial charge is 0.497 e. The van der Waals surface area contributed by atoms with Crippen LogP contribution in [0.4, 0.5) is 0 Å². The molecule has 3 nitrogen and oxygen atoms in total. The van der Waals surface area contributed by atoms with Gasteiger partial charge in [0, 0.05) is 6.07 Å². The SMILES string of the molecule is COc1cc(C)cc(OC(C=O)c2ccccc2)c1. The van der Waals surface area contributed by atoms with Gasteiger partial charge in [0.2, 0.25) is 0 Å². The van der Waals surface area contributed by atoms with Crippen molar-refractivity contribution in [3.8, 4) is 11.5 Å². The van der Waals surface area contributed by atoms with Crippen LogP contribution in [-0.4, -0.2) is 13.4 Å². The Morgan fingerprint density at radius 2 is 1.74 bits per heavy atom. The van der Waals surface area contributed by atoms with Crippen LogP contribution in [0.15, 0.2) is 48.5 Å². The van der Waals surface area contributed by atoms with Gasteiger partial charge in [0.05, 0.1) is 7.11 Å². The van der Waals surface area contributed by atoms with Crippen molar-refractivity contribution in [3.05, 3.63) is 59.7 Å². The Hall–Kier alpha value is -2.29. The van der Waals surface area contributed by atoms with Gasteiger partial charge in [-0.1, -0.05) is 30.3 Å². The van der Waals surface area contributed by atoms with Gasteiger partial charge in [0.15, 0.2) is 12.4 Å². The summed E-state index contributed by atoms with van der Waals surface area (Å²) in [5.41, 5.74) is 1.85. The number of aldehydes is 1. The van der Waals surface area contributed by atoms with Crippen LogP contribution in [-0.2, 0) is 4.79 Å². The maximum atomic E-state index is 11.2. The van der Waals surface area contributed by atoms with Gasteiger partial charge in [-0.3, -0.25) is 4.79 Å². The van der Waals surface area contributed by atoms with Crippen molar-refractivity contribution < 1.29 is 14.3 Å². The van der Waals surface area contributed by atoms with Crippen molar-refractivity contribution in [1.82, 2.24) is 0 Å². The smallest absolute Gasteiger partial charge is 0.179 e. The van der Waals surface area contributed by atoms with Crippen LogP contribution >= 0.6 is 0 Å². The molecule has 0 bridgehead atoms. The highest BCUT2D eigenvalue weighted by atomic mass is 16.5. The fourth-order valence-corrected chi connectivity index (χ4v) is 1.86. The van der Waals surface area contributed by atoms with E-state index in [4.69, 9.17) is 9.47 Å². The van der Waals surface area contributed by atoms with Crippen LogP contribution in [0, 0.1) is 6.92 Å². The summed E-state index contributed by atoms with van der Waals surface area (Å²) in [7, 11) is 1.60. The van der Waals surface area contributed by atoms with Crippen molar-refractivity contribution in [2.24, 2.45) is 0 Å². The second-order valence-electron chi connectivity index (χ2n) is 4.27. The number of carbonyl (C=O) groups excluding carboxylic acids is 1. The van der Waals surface area contributed by atoms with Crippen molar-refractivity contribution in [2.45, 2.75) is 13.0 Å². The van der Waals surface area contributed by atoms with Crippen molar-refractivity contribution in [1.29, 1.82) is 0 Å². The van der Waals surface area contributed by atoms with Gasteiger partial charge < -0.3 is 9.47 Å². The number of rotatable bonds is 5. The van der Waals surface area contributed by atoms with Crippen LogP contribution in [0.25, 0.3) is 0 Å². The molecular weight excluding hydrogens is 240 g/mol. The van der Waals surface area contributed by atoms with Crippen molar-refractivity contribution in [3.63, 3.8) is 0 Å². The lowest BCUT2D eigenvalue weighted by atomic mass is 10.1. The predicted octanol–water partition coefficient (Wildman–Crippen LogP) is 3.32. The molecular formula is C16H16O3. The lowest BCUT2D eigenvalue weighted by molar-refractivity contribution is -0.113. The van der Waals surface area contributed by atoms with E-state index in [1.165, 1.54) is 0 Å². The first kappa shape index (κ1) is 13.1. The van der Waals surface area contributed by atoms with Crippen LogP contribution in [0.5, 0.6) is 11.5 Å². The summed E-state index contributed by atoms with van der Waals surface area (Å²) in [6, 6.07) is 15.0. The Labute approximate surface area is 112 Å². The van der Waals surface area contributed by atoms with E-state index in [0.29, 0.717) is 11.5 Å². The Morgan fingerprint density at radius 1 is 1.05 bits per heavy atom. The quantitative estimate of drug-likeness (QED) is 0.770. The molecule has 1 unspecified atom stereocenters. The molecule has 0 spiro atoms. The van der Waals surface area contributed by atoms with Crippen LogP contribution in [0.1, 0.15) is 17.2 Å². The van der Waals surface area contributed by atoms with Gasteiger partial charge >= 0.3 is 0 Å². The zero-order valence-corrected chi connectivity index (χ0v) is 11.0. The molecule has 0 fully saturated rings. The van der Waals surface area contributed by atoms with Gasteiger partial charge in [-0.25, -0.2) is 0 Å². The van der Waals surface area contributed by atoms with Crippen LogP contribution in [0.2, 0.25) is 0 Å². The lowest BCUT2D eigenvalue weighted by Crippen LogP contribution is -2.08. The summed E-state index contributed by atoms with van der Waals surface area (Å²) in [4.78, 5) is 11.2. The number of ether oxygens (including phenoxy) is 2. The minimum Gasteiger partial charge on any atom is -0.497 e. The molecule has 0 aliphatic rings. The zero-order chi connectivity index (χ0) is 13.7. The molecule has 0 aliphatic heterocycles. The molecule has 1 atom stereocenters. The molecule has 0 saturated carbocycles. The summed E-state index contributed by atoms with van der Waals surface area (Å²) in [5, 5.41) is 0. The van der Waals surface area contributed by atoms with E-state index < -0.39 is 6.10 Å². The third-order valence-corrected chi connectivity index (χ3v) is 2.77. The Bertz CT molecular complexity index is 549. The second-order valence-corrected chi connectivity index (χ2v) is 4.27. The maximum Gasteiger partial charge on any atom is 0.179 e. The number of carbonyl (C=O) groups is 1. The molecule has 2 aromatic carbocycles. The summed E-state index contributed by atoms with van der Waals surface area (Å²) in [6.45, 7) is 1.95. The number of aryl methyl sites for hydroxylation is 1. The highest BCUT2D eigenvalue weighted by Gasteiger charge is 2.12. The van der Waals surface area contributed by atoms with E-state index in [-0.39, 0.29) is 0 Å². The second kappa shape index (κ2) is 6.05. The van der Waals surface area contributed by atoms with Gasteiger partial charge in [-0.05, 0) is 30.2 Å². The van der Waals surface area contributed by atoms with Gasteiger partial charge in [0.1, 0.15) is 11.5 Å². The summed E-state index contributed by atoms with van der Waals surface area (Å²) in [6.07, 6.45) is 0.192. The zero-order valence-electron chi connectivity index (χ0n) is 11.0. The fourth-order valence-electron chi connectivity index (χ4n) is 1.86. The minimum atomic E-state index is -0.604. The van der Waals surface area contributed by atoms with E-state index in [9.17, 15) is 4.79 Å². The van der Waals surface area contributed by atoms with Crippen LogP contribution in [0.3, 0.4) is 0 Å². The third-order valence-electron chi connectivity index (χ3n) is 2.77. The molecule has 98 valence electrons. The molecule has 0 saturated heterocycles. The van der Waals surface area contributed by atoms with E-state index in [1.54, 1.807) is 13.2 Å².